The molecule has 2 aliphatic heterocycles. The number of ether oxygens (including phenoxy) is 2. The molecule has 9 atom stereocenters. The molecule has 21 nitrogen and oxygen atoms in total. The maximum atomic E-state index is 13.5. The van der Waals surface area contributed by atoms with Crippen molar-refractivity contribution in [3.63, 3.8) is 0 Å². The first-order valence-corrected chi connectivity index (χ1v) is 29.7. The number of hydrogen-bond donors (Lipinski definition) is 3. The van der Waals surface area contributed by atoms with E-state index in [1.54, 1.807) is 26.1 Å². The third kappa shape index (κ3) is 11.5. The summed E-state index contributed by atoms with van der Waals surface area (Å²) in [6.07, 6.45) is -0.445. The summed E-state index contributed by atoms with van der Waals surface area (Å²) in [7, 11) is -9.76. The second-order valence-corrected chi connectivity index (χ2v) is 30.6. The van der Waals surface area contributed by atoms with Crippen LogP contribution >= 0.6 is 15.0 Å². The molecule has 0 bridgehead atoms. The van der Waals surface area contributed by atoms with Crippen molar-refractivity contribution in [3.05, 3.63) is 35.3 Å². The smallest absolute Gasteiger partial charge is 0.335 e. The molecule has 1 aliphatic carbocycles. The summed E-state index contributed by atoms with van der Waals surface area (Å²) in [5, 5.41) is 12.2. The van der Waals surface area contributed by atoms with Gasteiger partial charge in [0.1, 0.15) is 30.7 Å². The Balaban J connectivity index is 1.44. The molecule has 1 amide bonds. The molecule has 1 unspecified atom stereocenters. The topological polar surface area (TPSA) is 263 Å². The number of imidazole rings is 1. The number of hydrogen-bond acceptors (Lipinski definition) is 18. The van der Waals surface area contributed by atoms with Crippen LogP contribution in [0.3, 0.4) is 0 Å². The Kier molecular flexibility index (Phi) is 17.1. The highest BCUT2D eigenvalue weighted by Crippen LogP contribution is 2.57. The molecule has 26 heteroatoms. The molecule has 0 spiro atoms. The first kappa shape index (κ1) is 51.5. The summed E-state index contributed by atoms with van der Waals surface area (Å²) in [6.45, 7) is 16.0. The zero-order chi connectivity index (χ0) is 47.4. The summed E-state index contributed by atoms with van der Waals surface area (Å²) in [5.41, 5.74) is -0.662. The second kappa shape index (κ2) is 21.6. The molecule has 360 valence electrons. The van der Waals surface area contributed by atoms with Crippen LogP contribution in [0.4, 0.5) is 5.95 Å². The molecule has 1 saturated carbocycles. The molecule has 2 saturated heterocycles. The van der Waals surface area contributed by atoms with Gasteiger partial charge in [-0.25, -0.2) is 15.0 Å². The van der Waals surface area contributed by atoms with Crippen molar-refractivity contribution < 1.29 is 54.8 Å². The summed E-state index contributed by atoms with van der Waals surface area (Å²) in [5.74, 6) is -1.07. The molecule has 3 N–H and O–H groups in total. The fourth-order valence-corrected chi connectivity index (χ4v) is 22.5. The molecule has 6 rings (SSSR count). The van der Waals surface area contributed by atoms with Crippen molar-refractivity contribution in [1.29, 1.82) is 5.26 Å². The van der Waals surface area contributed by atoms with Gasteiger partial charge in [-0.2, -0.15) is 10.2 Å². The van der Waals surface area contributed by atoms with Gasteiger partial charge in [0.15, 0.2) is 17.4 Å². The van der Waals surface area contributed by atoms with Crippen LogP contribution in [0.15, 0.2) is 29.7 Å². The first-order valence-electron chi connectivity index (χ1n) is 21.9. The minimum atomic E-state index is -3.94. The monoisotopic (exact) mass is 1000 g/mol. The van der Waals surface area contributed by atoms with Crippen LogP contribution in [0.25, 0.3) is 11.2 Å². The van der Waals surface area contributed by atoms with E-state index >= 15 is 0 Å². The fourth-order valence-electron chi connectivity index (χ4n) is 8.63. The van der Waals surface area contributed by atoms with Crippen molar-refractivity contribution in [2.75, 3.05) is 25.1 Å². The van der Waals surface area contributed by atoms with Crippen LogP contribution in [0.5, 0.6) is 5.88 Å². The predicted molar refractivity (Wildman–Crippen MR) is 246 cm³/mol. The average molecular weight is 1000 g/mol. The van der Waals surface area contributed by atoms with Crippen LogP contribution < -0.4 is 15.6 Å². The predicted octanol–water partition coefficient (Wildman–Crippen LogP) is 6.54. The fraction of sp³-hybridized carbons (Fsp3) is 0.718. The van der Waals surface area contributed by atoms with E-state index in [1.165, 1.54) is 17.2 Å². The number of aromatic amines is 1. The van der Waals surface area contributed by atoms with Gasteiger partial charge in [-0.05, 0) is 40.4 Å². The lowest BCUT2D eigenvalue weighted by atomic mass is 10.1. The molecule has 0 aromatic carbocycles. The molecular formula is C39H62N8O13P2SSi2. The Labute approximate surface area is 386 Å². The van der Waals surface area contributed by atoms with E-state index in [-0.39, 0.29) is 77.8 Å². The zero-order valence-electron chi connectivity index (χ0n) is 38.4. The summed E-state index contributed by atoms with van der Waals surface area (Å²) < 4.78 is 73.8. The molecule has 3 aromatic rings. The van der Waals surface area contributed by atoms with E-state index < -0.39 is 86.2 Å². The Hall–Kier alpha value is -2.86. The minimum Gasteiger partial charge on any atom is -0.474 e. The minimum absolute atomic E-state index is 0.0334. The highest BCUT2D eigenvalue weighted by atomic mass is 32.5. The largest absolute Gasteiger partial charge is 0.474 e. The van der Waals surface area contributed by atoms with Crippen molar-refractivity contribution in [2.24, 2.45) is 11.8 Å². The van der Waals surface area contributed by atoms with Gasteiger partial charge in [-0.15, -0.1) is 0 Å². The van der Waals surface area contributed by atoms with Gasteiger partial charge in [-0.1, -0.05) is 69.2 Å². The van der Waals surface area contributed by atoms with E-state index in [2.05, 4.69) is 91.7 Å². The van der Waals surface area contributed by atoms with Crippen LogP contribution in [0, 0.1) is 23.2 Å². The Morgan fingerprint density at radius 3 is 2.42 bits per heavy atom. The molecular weight excluding hydrogens is 939 g/mol. The lowest BCUT2D eigenvalue weighted by Crippen LogP contribution is -2.65. The average Bonchev–Trinajstić information content (AvgIpc) is 3.91. The normalized spacial score (nSPS) is 26.8. The number of H-pyrrole nitrogens is 1. The van der Waals surface area contributed by atoms with Crippen molar-refractivity contribution in [3.8, 4) is 11.9 Å². The Morgan fingerprint density at radius 1 is 1.09 bits per heavy atom. The number of rotatable bonds is 19. The highest BCUT2D eigenvalue weighted by molar-refractivity contribution is 8.07. The molecule has 0 radical (unpaired) electrons. The van der Waals surface area contributed by atoms with Gasteiger partial charge in [0.05, 0.1) is 44.7 Å². The van der Waals surface area contributed by atoms with Gasteiger partial charge in [-0.3, -0.25) is 33.5 Å². The molecule has 3 fully saturated rings. The number of carbonyl (C=O) groups is 1. The first-order chi connectivity index (χ1) is 30.7. The second-order valence-electron chi connectivity index (χ2n) is 18.0. The number of amides is 1. The Morgan fingerprint density at radius 2 is 1.80 bits per heavy atom. The number of nitriles is 1. The third-order valence-corrected chi connectivity index (χ3v) is 25.0. The van der Waals surface area contributed by atoms with E-state index in [0.29, 0.717) is 12.3 Å². The lowest BCUT2D eigenvalue weighted by molar-refractivity contribution is -0.118. The number of aromatic nitrogens is 6. The lowest BCUT2D eigenvalue weighted by Gasteiger charge is -2.51. The maximum absolute atomic E-state index is 13.5. The highest BCUT2D eigenvalue weighted by Gasteiger charge is 2.63. The summed E-state index contributed by atoms with van der Waals surface area (Å²) in [6, 6.07) is 3.67. The van der Waals surface area contributed by atoms with E-state index in [1.807, 2.05) is 0 Å². The molecule has 65 heavy (non-hydrogen) atoms. The van der Waals surface area contributed by atoms with Gasteiger partial charge >= 0.3 is 32.1 Å². The quantitative estimate of drug-likeness (QED) is 0.0654. The van der Waals surface area contributed by atoms with Gasteiger partial charge in [0.2, 0.25) is 17.7 Å². The van der Waals surface area contributed by atoms with Crippen molar-refractivity contribution in [2.45, 2.75) is 147 Å². The Bertz CT molecular complexity index is 2270. The van der Waals surface area contributed by atoms with Crippen LogP contribution in [0.2, 0.25) is 22.2 Å². The number of nitrogens with zero attached hydrogens (tertiary/aromatic N) is 6. The number of anilines is 1. The number of carbonyl (C=O) groups excluding carboxylic acids is 1. The van der Waals surface area contributed by atoms with Crippen LogP contribution in [-0.4, -0.2) is 108 Å². The van der Waals surface area contributed by atoms with Crippen LogP contribution in [-0.2, 0) is 57.0 Å². The van der Waals surface area contributed by atoms with E-state index in [9.17, 15) is 24.3 Å². The SMILES string of the molecule is CC(C)C(=O)Nc1nc2c(ncn2[C@@H]2O[C@@H]3CO[Si](C(C)C)(C(C)C)O[Si](C(C)C)(C(C)C)O[C@H]3[C@H]2O[P@](=S)(OCCC#N)OC[C@H]2C[C@@H](Oc3ccncn3)C[C@@H]2O[PH](=O)O)c(=O)[nH]1. The van der Waals surface area contributed by atoms with Gasteiger partial charge < -0.3 is 40.9 Å². The number of fused-ring (bicyclic) bond motifs is 2. The van der Waals surface area contributed by atoms with E-state index in [4.69, 9.17) is 52.3 Å². The van der Waals surface area contributed by atoms with Gasteiger partial charge in [0, 0.05) is 30.5 Å². The number of nitrogens with one attached hydrogen (secondary N) is 2. The van der Waals surface area contributed by atoms with Crippen LogP contribution in [0.1, 0.15) is 94.7 Å². The summed E-state index contributed by atoms with van der Waals surface area (Å²) >= 11 is 6.20. The maximum Gasteiger partial charge on any atom is 0.335 e. The van der Waals surface area contributed by atoms with Crippen molar-refractivity contribution in [1.82, 2.24) is 29.5 Å². The molecule has 5 heterocycles. The molecule has 3 aromatic heterocycles. The van der Waals surface area contributed by atoms with Gasteiger partial charge in [0.25, 0.3) is 5.56 Å². The zero-order valence-corrected chi connectivity index (χ0v) is 43.1. The summed E-state index contributed by atoms with van der Waals surface area (Å²) in [4.78, 5) is 55.8. The standard InChI is InChI=1S/C39H62N8O13P2SSi2/c1-22(2)36(48)45-39-44-35-32(37(49)46-39)43-21-47(35)38-34(33-30(56-38)19-54-64(23(3)4,24(5)6)60-65(59-33,25(7)8)26(9)10)58-62(63,52-15-11-13-40)53-18-27-16-28(17-29(27)57-61(50)51)55-31-12-14-41-20-42-31/h12,14,20-30,33-34,38,61H,11,15-19H2,1-10H3,(H,50,51)(H2,44,45,46,48,49)/t27-,28-,29+,30-,33-,34-,38-,62+/m1/s1. The van der Waals surface area contributed by atoms with E-state index in [0.717, 1.165) is 0 Å². The third-order valence-electron chi connectivity index (χ3n) is 11.9. The molecule has 3 aliphatic rings. The van der Waals surface area contributed by atoms with Crippen molar-refractivity contribution >= 4 is 66.9 Å².